The van der Waals surface area contributed by atoms with Gasteiger partial charge in [-0.3, -0.25) is 0 Å². The Morgan fingerprint density at radius 3 is 2.58 bits per heavy atom. The maximum atomic E-state index is 4.66. The first-order valence-electron chi connectivity index (χ1n) is 7.55. The molecule has 1 aromatic heterocycles. The Hall–Kier alpha value is -1.32. The number of nitrogens with zero attached hydrogens (tertiary/aromatic N) is 2. The highest BCUT2D eigenvalue weighted by molar-refractivity contribution is 5.47. The molecule has 0 amide bonds. The van der Waals surface area contributed by atoms with Gasteiger partial charge >= 0.3 is 0 Å². The maximum Gasteiger partial charge on any atom is 0.136 e. The predicted octanol–water partition coefficient (Wildman–Crippen LogP) is 3.24. The highest BCUT2D eigenvalue weighted by Gasteiger charge is 2.27. The quantitative estimate of drug-likeness (QED) is 0.853. The van der Waals surface area contributed by atoms with E-state index in [1.165, 1.54) is 32.1 Å². The van der Waals surface area contributed by atoms with E-state index < -0.39 is 0 Å². The van der Waals surface area contributed by atoms with Gasteiger partial charge in [0.15, 0.2) is 0 Å². The molecule has 0 radical (unpaired) electrons. The lowest BCUT2D eigenvalue weighted by Gasteiger charge is -2.13. The molecule has 4 nitrogen and oxygen atoms in total. The SMILES string of the molecule is CNc1cc(NCC2CCC(C)C2)nc(C2CC2)n1. The van der Waals surface area contributed by atoms with Gasteiger partial charge in [0.1, 0.15) is 17.5 Å². The van der Waals surface area contributed by atoms with E-state index >= 15 is 0 Å². The minimum atomic E-state index is 0.598. The van der Waals surface area contributed by atoms with Crippen molar-refractivity contribution in [3.63, 3.8) is 0 Å². The molecule has 19 heavy (non-hydrogen) atoms. The summed E-state index contributed by atoms with van der Waals surface area (Å²) in [4.78, 5) is 9.20. The third-order valence-corrected chi connectivity index (χ3v) is 4.32. The summed E-state index contributed by atoms with van der Waals surface area (Å²) in [6.07, 6.45) is 6.57. The van der Waals surface area contributed by atoms with Gasteiger partial charge in [0.05, 0.1) is 0 Å². The van der Waals surface area contributed by atoms with E-state index in [1.54, 1.807) is 0 Å². The smallest absolute Gasteiger partial charge is 0.136 e. The number of hydrogen-bond acceptors (Lipinski definition) is 4. The van der Waals surface area contributed by atoms with Crippen molar-refractivity contribution < 1.29 is 0 Å². The molecular weight excluding hydrogens is 236 g/mol. The summed E-state index contributed by atoms with van der Waals surface area (Å²) in [5.41, 5.74) is 0. The number of rotatable bonds is 5. The van der Waals surface area contributed by atoms with Crippen LogP contribution in [0.25, 0.3) is 0 Å². The van der Waals surface area contributed by atoms with Crippen LogP contribution in [-0.2, 0) is 0 Å². The maximum absolute atomic E-state index is 4.66. The predicted molar refractivity (Wildman–Crippen MR) is 78.5 cm³/mol. The largest absolute Gasteiger partial charge is 0.373 e. The van der Waals surface area contributed by atoms with Crippen LogP contribution in [-0.4, -0.2) is 23.6 Å². The van der Waals surface area contributed by atoms with Crippen LogP contribution in [0.5, 0.6) is 0 Å². The second-order valence-corrected chi connectivity index (χ2v) is 6.19. The first-order valence-corrected chi connectivity index (χ1v) is 7.55. The van der Waals surface area contributed by atoms with Gasteiger partial charge < -0.3 is 10.6 Å². The fourth-order valence-electron chi connectivity index (χ4n) is 2.97. The van der Waals surface area contributed by atoms with Crippen molar-refractivity contribution in [2.24, 2.45) is 11.8 Å². The van der Waals surface area contributed by atoms with Crippen LogP contribution in [0.4, 0.5) is 11.6 Å². The Morgan fingerprint density at radius 2 is 1.95 bits per heavy atom. The zero-order valence-corrected chi connectivity index (χ0v) is 11.9. The summed E-state index contributed by atoms with van der Waals surface area (Å²) < 4.78 is 0. The summed E-state index contributed by atoms with van der Waals surface area (Å²) in [5, 5.41) is 6.65. The third-order valence-electron chi connectivity index (χ3n) is 4.32. The van der Waals surface area contributed by atoms with Crippen LogP contribution in [0.1, 0.15) is 50.8 Å². The van der Waals surface area contributed by atoms with Gasteiger partial charge in [0.25, 0.3) is 0 Å². The second-order valence-electron chi connectivity index (χ2n) is 6.19. The van der Waals surface area contributed by atoms with Crippen molar-refractivity contribution in [2.75, 3.05) is 24.2 Å². The topological polar surface area (TPSA) is 49.8 Å². The highest BCUT2D eigenvalue weighted by Crippen LogP contribution is 2.39. The lowest BCUT2D eigenvalue weighted by Crippen LogP contribution is -2.13. The number of aromatic nitrogens is 2. The molecule has 2 aliphatic carbocycles. The van der Waals surface area contributed by atoms with Gasteiger partial charge in [-0.1, -0.05) is 13.3 Å². The fraction of sp³-hybridized carbons (Fsp3) is 0.733. The fourth-order valence-corrected chi connectivity index (χ4v) is 2.97. The van der Waals surface area contributed by atoms with Crippen molar-refractivity contribution in [1.29, 1.82) is 0 Å². The summed E-state index contributed by atoms with van der Waals surface area (Å²) in [5.74, 6) is 5.23. The minimum absolute atomic E-state index is 0.598. The molecule has 0 bridgehead atoms. The normalized spacial score (nSPS) is 26.4. The van der Waals surface area contributed by atoms with Gasteiger partial charge in [-0.05, 0) is 37.5 Å². The van der Waals surface area contributed by atoms with E-state index in [0.717, 1.165) is 35.8 Å². The van der Waals surface area contributed by atoms with E-state index in [9.17, 15) is 0 Å². The van der Waals surface area contributed by atoms with E-state index in [4.69, 9.17) is 0 Å². The molecule has 0 spiro atoms. The second kappa shape index (κ2) is 5.35. The molecule has 0 aromatic carbocycles. The number of nitrogens with one attached hydrogen (secondary N) is 2. The van der Waals surface area contributed by atoms with Gasteiger partial charge in [-0.15, -0.1) is 0 Å². The highest BCUT2D eigenvalue weighted by atomic mass is 15.1. The molecule has 2 saturated carbocycles. The molecule has 104 valence electrons. The monoisotopic (exact) mass is 260 g/mol. The Labute approximate surface area is 115 Å². The van der Waals surface area contributed by atoms with E-state index in [2.05, 4.69) is 27.5 Å². The van der Waals surface area contributed by atoms with Crippen molar-refractivity contribution in [1.82, 2.24) is 9.97 Å². The van der Waals surface area contributed by atoms with Crippen LogP contribution >= 0.6 is 0 Å². The van der Waals surface area contributed by atoms with E-state index in [1.807, 2.05) is 13.1 Å². The average Bonchev–Trinajstić information content (AvgIpc) is 3.19. The molecule has 3 rings (SSSR count). The number of anilines is 2. The zero-order chi connectivity index (χ0) is 13.2. The standard InChI is InChI=1S/C15H24N4/c1-10-3-4-11(7-10)9-17-14-8-13(16-2)18-15(19-14)12-5-6-12/h8,10-12H,3-7,9H2,1-2H3,(H2,16,17,18,19). The molecule has 1 aromatic rings. The molecule has 2 atom stereocenters. The Balaban J connectivity index is 1.64. The third kappa shape index (κ3) is 3.17. The Bertz CT molecular complexity index is 442. The van der Waals surface area contributed by atoms with Crippen LogP contribution < -0.4 is 10.6 Å². The average molecular weight is 260 g/mol. The summed E-state index contributed by atoms with van der Waals surface area (Å²) >= 11 is 0. The minimum Gasteiger partial charge on any atom is -0.373 e. The molecular formula is C15H24N4. The number of hydrogen-bond donors (Lipinski definition) is 2. The molecule has 0 saturated heterocycles. The molecule has 2 aliphatic rings. The molecule has 0 aliphatic heterocycles. The summed E-state index contributed by atoms with van der Waals surface area (Å²) in [7, 11) is 1.92. The first kappa shape index (κ1) is 12.7. The van der Waals surface area contributed by atoms with Crippen molar-refractivity contribution in [3.05, 3.63) is 11.9 Å². The Morgan fingerprint density at radius 1 is 1.16 bits per heavy atom. The lowest BCUT2D eigenvalue weighted by atomic mass is 10.1. The molecule has 2 unspecified atom stereocenters. The first-order chi connectivity index (χ1) is 9.24. The summed E-state index contributed by atoms with van der Waals surface area (Å²) in [6, 6.07) is 2.02. The van der Waals surface area contributed by atoms with Gasteiger partial charge in [-0.25, -0.2) is 9.97 Å². The van der Waals surface area contributed by atoms with Crippen LogP contribution in [0.15, 0.2) is 6.07 Å². The lowest BCUT2D eigenvalue weighted by molar-refractivity contribution is 0.536. The van der Waals surface area contributed by atoms with Crippen LogP contribution in [0.2, 0.25) is 0 Å². The molecule has 2 fully saturated rings. The molecule has 1 heterocycles. The van der Waals surface area contributed by atoms with Gasteiger partial charge in [-0.2, -0.15) is 0 Å². The van der Waals surface area contributed by atoms with Crippen molar-refractivity contribution >= 4 is 11.6 Å². The van der Waals surface area contributed by atoms with E-state index in [-0.39, 0.29) is 0 Å². The summed E-state index contributed by atoms with van der Waals surface area (Å²) in [6.45, 7) is 3.41. The van der Waals surface area contributed by atoms with Gasteiger partial charge in [0.2, 0.25) is 0 Å². The Kier molecular flexibility index (Phi) is 3.58. The van der Waals surface area contributed by atoms with Crippen LogP contribution in [0.3, 0.4) is 0 Å². The van der Waals surface area contributed by atoms with Crippen LogP contribution in [0, 0.1) is 11.8 Å². The molecule has 4 heteroatoms. The van der Waals surface area contributed by atoms with Crippen molar-refractivity contribution in [2.45, 2.75) is 44.9 Å². The zero-order valence-electron chi connectivity index (χ0n) is 11.9. The van der Waals surface area contributed by atoms with Crippen molar-refractivity contribution in [3.8, 4) is 0 Å². The molecule has 2 N–H and O–H groups in total. The van der Waals surface area contributed by atoms with Gasteiger partial charge in [0, 0.05) is 25.6 Å². The van der Waals surface area contributed by atoms with E-state index in [0.29, 0.717) is 5.92 Å².